The molecule has 2 aromatic carbocycles. The number of halogens is 1. The maximum absolute atomic E-state index is 9.11. The van der Waals surface area contributed by atoms with Crippen molar-refractivity contribution in [2.24, 2.45) is 0 Å². The van der Waals surface area contributed by atoms with E-state index < -0.39 is 0 Å². The number of hydrogen-bond donors (Lipinski definition) is 0. The Hall–Kier alpha value is -1.98. The van der Waals surface area contributed by atoms with Crippen LogP contribution in [-0.4, -0.2) is 0 Å². The Kier molecular flexibility index (Phi) is 3.78. The van der Waals surface area contributed by atoms with Crippen molar-refractivity contribution in [2.75, 3.05) is 0 Å². The van der Waals surface area contributed by atoms with Crippen LogP contribution in [-0.2, 0) is 0 Å². The molecule has 0 saturated heterocycles. The van der Waals surface area contributed by atoms with Gasteiger partial charge in [-0.25, -0.2) is 0 Å². The zero-order valence-corrected chi connectivity index (χ0v) is 11.9. The number of rotatable bonds is 2. The van der Waals surface area contributed by atoms with Crippen molar-refractivity contribution < 1.29 is 4.74 Å². The summed E-state index contributed by atoms with van der Waals surface area (Å²) in [5, 5.41) is 9.64. The maximum Gasteiger partial charge on any atom is 0.145 e. The van der Waals surface area contributed by atoms with Gasteiger partial charge < -0.3 is 4.74 Å². The predicted octanol–water partition coefficient (Wildman–Crippen LogP) is 4.93. The number of ether oxygens (including phenoxy) is 1. The van der Waals surface area contributed by atoms with Gasteiger partial charge in [0.25, 0.3) is 0 Å². The first-order valence-electron chi connectivity index (χ1n) is 5.96. The van der Waals surface area contributed by atoms with E-state index in [2.05, 4.69) is 12.1 Å². The Morgan fingerprint density at radius 3 is 2.47 bits per heavy atom. The smallest absolute Gasteiger partial charge is 0.145 e. The summed E-state index contributed by atoms with van der Waals surface area (Å²) in [7, 11) is 0. The zero-order valence-electron chi connectivity index (χ0n) is 11.1. The Morgan fingerprint density at radius 1 is 1.05 bits per heavy atom. The van der Waals surface area contributed by atoms with Gasteiger partial charge in [-0.05, 0) is 61.7 Å². The molecule has 96 valence electrons. The fraction of sp³-hybridized carbons (Fsp3) is 0.188. The number of nitrogens with zero attached hydrogens (tertiary/aromatic N) is 1. The topological polar surface area (TPSA) is 33.0 Å². The van der Waals surface area contributed by atoms with Gasteiger partial charge in [-0.1, -0.05) is 17.7 Å². The molecule has 0 N–H and O–H groups in total. The van der Waals surface area contributed by atoms with E-state index in [4.69, 9.17) is 21.6 Å². The van der Waals surface area contributed by atoms with Gasteiger partial charge in [0.15, 0.2) is 0 Å². The van der Waals surface area contributed by atoms with E-state index in [9.17, 15) is 0 Å². The van der Waals surface area contributed by atoms with Crippen molar-refractivity contribution in [1.29, 1.82) is 5.26 Å². The molecule has 3 heteroatoms. The molecule has 0 atom stereocenters. The average Bonchev–Trinajstić information content (AvgIpc) is 2.37. The molecule has 0 aliphatic carbocycles. The van der Waals surface area contributed by atoms with Gasteiger partial charge in [0.1, 0.15) is 17.6 Å². The molecular weight excluding hydrogens is 258 g/mol. The Bertz CT molecular complexity index is 671. The van der Waals surface area contributed by atoms with Gasteiger partial charge in [0.2, 0.25) is 0 Å². The van der Waals surface area contributed by atoms with E-state index in [1.165, 1.54) is 5.56 Å². The third-order valence-corrected chi connectivity index (χ3v) is 3.28. The molecule has 2 rings (SSSR count). The van der Waals surface area contributed by atoms with Crippen LogP contribution in [0.15, 0.2) is 30.3 Å². The molecular formula is C16H14ClNO. The molecule has 0 aliphatic heterocycles. The molecule has 0 amide bonds. The van der Waals surface area contributed by atoms with Crippen LogP contribution in [0.4, 0.5) is 0 Å². The van der Waals surface area contributed by atoms with Crippen LogP contribution in [0.5, 0.6) is 11.5 Å². The zero-order chi connectivity index (χ0) is 14.0. The van der Waals surface area contributed by atoms with E-state index in [1.807, 2.05) is 26.8 Å². The summed E-state index contributed by atoms with van der Waals surface area (Å²) in [4.78, 5) is 0. The fourth-order valence-electron chi connectivity index (χ4n) is 1.90. The minimum atomic E-state index is 0.436. The Balaban J connectivity index is 2.45. The van der Waals surface area contributed by atoms with Gasteiger partial charge in [0.05, 0.1) is 5.56 Å². The summed E-state index contributed by atoms with van der Waals surface area (Å²) in [5.74, 6) is 1.30. The van der Waals surface area contributed by atoms with E-state index >= 15 is 0 Å². The van der Waals surface area contributed by atoms with Crippen LogP contribution in [0, 0.1) is 32.1 Å². The van der Waals surface area contributed by atoms with Crippen molar-refractivity contribution in [3.8, 4) is 17.6 Å². The molecule has 19 heavy (non-hydrogen) atoms. The molecule has 0 aliphatic rings. The lowest BCUT2D eigenvalue weighted by Gasteiger charge is -2.13. The summed E-state index contributed by atoms with van der Waals surface area (Å²) in [6.45, 7) is 6.07. The molecule has 0 bridgehead atoms. The highest BCUT2D eigenvalue weighted by Gasteiger charge is 2.09. The first-order valence-corrected chi connectivity index (χ1v) is 6.34. The third-order valence-electron chi connectivity index (χ3n) is 3.05. The monoisotopic (exact) mass is 271 g/mol. The van der Waals surface area contributed by atoms with Crippen molar-refractivity contribution >= 4 is 11.6 Å². The van der Waals surface area contributed by atoms with Crippen molar-refractivity contribution in [2.45, 2.75) is 20.8 Å². The van der Waals surface area contributed by atoms with Gasteiger partial charge in [-0.15, -0.1) is 0 Å². The summed E-state index contributed by atoms with van der Waals surface area (Å²) in [6, 6.07) is 11.2. The summed E-state index contributed by atoms with van der Waals surface area (Å²) < 4.78 is 5.87. The molecule has 0 unspecified atom stereocenters. The lowest BCUT2D eigenvalue weighted by Crippen LogP contribution is -1.93. The van der Waals surface area contributed by atoms with E-state index in [0.29, 0.717) is 16.3 Å². The van der Waals surface area contributed by atoms with Crippen LogP contribution in [0.1, 0.15) is 22.3 Å². The first kappa shape index (κ1) is 13.5. The van der Waals surface area contributed by atoms with Crippen LogP contribution in [0.3, 0.4) is 0 Å². The second-order valence-electron chi connectivity index (χ2n) is 4.56. The summed E-state index contributed by atoms with van der Waals surface area (Å²) in [6.07, 6.45) is 0. The number of aryl methyl sites for hydroxylation is 2. The van der Waals surface area contributed by atoms with Crippen molar-refractivity contribution in [3.05, 3.63) is 57.6 Å². The van der Waals surface area contributed by atoms with Gasteiger partial charge in [-0.2, -0.15) is 5.26 Å². The largest absolute Gasteiger partial charge is 0.456 e. The highest BCUT2D eigenvalue weighted by atomic mass is 35.5. The van der Waals surface area contributed by atoms with E-state index in [0.717, 1.165) is 16.9 Å². The van der Waals surface area contributed by atoms with E-state index in [1.54, 1.807) is 18.2 Å². The van der Waals surface area contributed by atoms with Crippen molar-refractivity contribution in [3.63, 3.8) is 0 Å². The standard InChI is InChI=1S/C16H14ClNO/c1-10-6-11(2)12(3)16(7-10)19-15-5-4-14(17)8-13(15)9-18/h4-8H,1-3H3. The van der Waals surface area contributed by atoms with Gasteiger partial charge in [-0.3, -0.25) is 0 Å². The molecule has 0 aromatic heterocycles. The highest BCUT2D eigenvalue weighted by molar-refractivity contribution is 6.30. The summed E-state index contributed by atoms with van der Waals surface area (Å²) >= 11 is 5.87. The second-order valence-corrected chi connectivity index (χ2v) is 5.00. The van der Waals surface area contributed by atoms with Crippen molar-refractivity contribution in [1.82, 2.24) is 0 Å². The number of hydrogen-bond acceptors (Lipinski definition) is 2. The number of benzene rings is 2. The average molecular weight is 272 g/mol. The SMILES string of the molecule is Cc1cc(C)c(C)c(Oc2ccc(Cl)cc2C#N)c1. The second kappa shape index (κ2) is 5.34. The van der Waals surface area contributed by atoms with Gasteiger partial charge in [0, 0.05) is 5.02 Å². The van der Waals surface area contributed by atoms with E-state index in [-0.39, 0.29) is 0 Å². The molecule has 2 aromatic rings. The van der Waals surface area contributed by atoms with Crippen LogP contribution >= 0.6 is 11.6 Å². The molecule has 2 nitrogen and oxygen atoms in total. The molecule has 0 spiro atoms. The minimum absolute atomic E-state index is 0.436. The summed E-state index contributed by atoms with van der Waals surface area (Å²) in [5.41, 5.74) is 3.81. The third kappa shape index (κ3) is 2.89. The predicted molar refractivity (Wildman–Crippen MR) is 76.9 cm³/mol. The van der Waals surface area contributed by atoms with Gasteiger partial charge >= 0.3 is 0 Å². The molecule has 0 saturated carbocycles. The van der Waals surface area contributed by atoms with Crippen LogP contribution < -0.4 is 4.74 Å². The lowest BCUT2D eigenvalue weighted by atomic mass is 10.1. The Labute approximate surface area is 118 Å². The highest BCUT2D eigenvalue weighted by Crippen LogP contribution is 2.31. The van der Waals surface area contributed by atoms with Crippen LogP contribution in [0.2, 0.25) is 5.02 Å². The number of nitriles is 1. The minimum Gasteiger partial charge on any atom is -0.456 e. The molecule has 0 radical (unpaired) electrons. The Morgan fingerprint density at radius 2 is 1.79 bits per heavy atom. The molecule has 0 heterocycles. The quantitative estimate of drug-likeness (QED) is 0.776. The lowest BCUT2D eigenvalue weighted by molar-refractivity contribution is 0.476. The maximum atomic E-state index is 9.11. The van der Waals surface area contributed by atoms with Crippen LogP contribution in [0.25, 0.3) is 0 Å². The first-order chi connectivity index (χ1) is 9.01. The normalized spacial score (nSPS) is 10.1. The fourth-order valence-corrected chi connectivity index (χ4v) is 2.08. The molecule has 0 fully saturated rings.